The van der Waals surface area contributed by atoms with Gasteiger partial charge in [-0.3, -0.25) is 0 Å². The average Bonchev–Trinajstić information content (AvgIpc) is 2.01. The molecule has 0 saturated heterocycles. The molecule has 0 N–H and O–H groups in total. The van der Waals surface area contributed by atoms with Crippen LogP contribution in [0.2, 0.25) is 5.02 Å². The summed E-state index contributed by atoms with van der Waals surface area (Å²) in [4.78, 5) is 0. The number of rotatable bonds is 3. The van der Waals surface area contributed by atoms with Gasteiger partial charge in [-0.15, -0.1) is 0 Å². The van der Waals surface area contributed by atoms with Gasteiger partial charge < -0.3 is 9.11 Å². The first-order valence-corrected chi connectivity index (χ1v) is 7.11. The van der Waals surface area contributed by atoms with Gasteiger partial charge in [0.25, 0.3) is 0 Å². The van der Waals surface area contributed by atoms with Gasteiger partial charge in [0, 0.05) is 11.4 Å². The fourth-order valence-electron chi connectivity index (χ4n) is 0.954. The van der Waals surface area contributed by atoms with Crippen LogP contribution in [-0.2, 0) is 25.8 Å². The second-order valence-electron chi connectivity index (χ2n) is 2.61. The Labute approximate surface area is 148 Å². The summed E-state index contributed by atoms with van der Waals surface area (Å²) in [6.07, 6.45) is 0.521. The predicted molar refractivity (Wildman–Crippen MR) is 57.1 cm³/mol. The topological polar surface area (TPSA) is 63.2 Å². The zero-order chi connectivity index (χ0) is 10.6. The molecule has 0 atom stereocenters. The fraction of sp³-hybridized carbons (Fsp3) is 0.250. The van der Waals surface area contributed by atoms with E-state index in [0.29, 0.717) is 21.8 Å². The average molecular weight is 298 g/mol. The van der Waals surface area contributed by atoms with Gasteiger partial charge in [0.1, 0.15) is 0 Å². The van der Waals surface area contributed by atoms with E-state index in [0.717, 1.165) is 5.56 Å². The van der Waals surface area contributed by atoms with Crippen LogP contribution in [0.15, 0.2) is 24.3 Å². The quantitative estimate of drug-likeness (QED) is 0.417. The molecule has 0 fully saturated rings. The van der Waals surface area contributed by atoms with Gasteiger partial charge in [-0.05, 0) is 17.7 Å². The standard InChI is InChI=1S/C8H9ClO3S2.2Na/c9-8-3-1-2-7(6-8)4-5-13-14(10,11)12;;/h1-3,6H,4-5H2,(H-,10,11,12);;/q;2*+1/p-1. The minimum atomic E-state index is -4.17. The molecule has 0 spiro atoms. The van der Waals surface area contributed by atoms with Crippen molar-refractivity contribution in [3.8, 4) is 0 Å². The molecule has 0 saturated carbocycles. The van der Waals surface area contributed by atoms with E-state index in [2.05, 4.69) is 0 Å². The maximum absolute atomic E-state index is 10.3. The van der Waals surface area contributed by atoms with Gasteiger partial charge in [-0.25, -0.2) is 4.21 Å². The van der Waals surface area contributed by atoms with E-state index in [9.17, 15) is 13.3 Å². The minimum Gasteiger partial charge on any atom is -0.746 e. The Hall–Kier alpha value is 1.80. The summed E-state index contributed by atoms with van der Waals surface area (Å²) in [5.41, 5.74) is 0.925. The van der Waals surface area contributed by atoms with E-state index >= 15 is 0 Å². The van der Waals surface area contributed by atoms with Crippen LogP contribution in [0.5, 0.6) is 0 Å². The number of halogens is 1. The third-order valence-corrected chi connectivity index (χ3v) is 3.77. The molecule has 0 aliphatic rings. The van der Waals surface area contributed by atoms with Crippen molar-refractivity contribution in [3.05, 3.63) is 34.9 Å². The Morgan fingerprint density at radius 1 is 1.31 bits per heavy atom. The van der Waals surface area contributed by atoms with Crippen LogP contribution in [0.3, 0.4) is 0 Å². The van der Waals surface area contributed by atoms with E-state index < -0.39 is 9.05 Å². The zero-order valence-corrected chi connectivity index (χ0v) is 15.5. The third kappa shape index (κ3) is 9.79. The Morgan fingerprint density at radius 3 is 2.44 bits per heavy atom. The van der Waals surface area contributed by atoms with E-state index in [4.69, 9.17) is 11.6 Å². The molecule has 78 valence electrons. The first kappa shape index (κ1) is 20.1. The first-order valence-electron chi connectivity index (χ1n) is 3.82. The van der Waals surface area contributed by atoms with Crippen molar-refractivity contribution in [2.45, 2.75) is 6.42 Å². The number of hydrogen-bond donors (Lipinski definition) is 0. The molecular weight excluding hydrogens is 290 g/mol. The zero-order valence-electron chi connectivity index (χ0n) is 9.14. The molecule has 0 aromatic heterocycles. The van der Waals surface area contributed by atoms with E-state index in [-0.39, 0.29) is 64.9 Å². The third-order valence-electron chi connectivity index (χ3n) is 1.51. The molecule has 0 heterocycles. The largest absolute Gasteiger partial charge is 1.00 e. The van der Waals surface area contributed by atoms with Crippen molar-refractivity contribution < 1.29 is 72.4 Å². The van der Waals surface area contributed by atoms with E-state index in [1.165, 1.54) is 0 Å². The van der Waals surface area contributed by atoms with E-state index in [1.807, 2.05) is 6.07 Å². The minimum absolute atomic E-state index is 0. The molecule has 0 amide bonds. The van der Waals surface area contributed by atoms with Gasteiger partial charge in [0.05, 0.1) is 9.05 Å². The van der Waals surface area contributed by atoms with E-state index in [1.54, 1.807) is 18.2 Å². The van der Waals surface area contributed by atoms with Crippen LogP contribution in [-0.4, -0.2) is 19.1 Å². The molecule has 0 radical (unpaired) electrons. The maximum Gasteiger partial charge on any atom is 1.00 e. The maximum atomic E-state index is 10.3. The SMILES string of the molecule is O=S([O-])([O-])=[S+]CCc1cccc(Cl)c1.[Na+].[Na+]. The molecule has 0 bridgehead atoms. The summed E-state index contributed by atoms with van der Waals surface area (Å²) in [5.74, 6) is 0.256. The smallest absolute Gasteiger partial charge is 0.746 e. The van der Waals surface area contributed by atoms with Crippen molar-refractivity contribution >= 4 is 31.0 Å². The predicted octanol–water partition coefficient (Wildman–Crippen LogP) is -4.57. The normalized spacial score (nSPS) is 9.94. The number of hydrogen-bond acceptors (Lipinski definition) is 3. The molecular formula is C8H8ClNa2O3S2+. The van der Waals surface area contributed by atoms with Crippen LogP contribution in [0.1, 0.15) is 5.56 Å². The number of benzene rings is 1. The summed E-state index contributed by atoms with van der Waals surface area (Å²) in [7, 11) is -3.76. The summed E-state index contributed by atoms with van der Waals surface area (Å²) < 4.78 is 30.8. The van der Waals surface area contributed by atoms with Crippen LogP contribution >= 0.6 is 11.6 Å². The summed E-state index contributed by atoms with van der Waals surface area (Å²) in [6.45, 7) is 0. The molecule has 16 heavy (non-hydrogen) atoms. The monoisotopic (exact) mass is 297 g/mol. The second kappa shape index (κ2) is 9.69. The molecule has 0 unspecified atom stereocenters. The molecule has 3 nitrogen and oxygen atoms in total. The molecule has 1 aromatic carbocycles. The Kier molecular flexibility index (Phi) is 12.2. The second-order valence-corrected chi connectivity index (χ2v) is 6.44. The van der Waals surface area contributed by atoms with Crippen LogP contribution in [0, 0.1) is 0 Å². The Morgan fingerprint density at radius 2 is 1.94 bits per heavy atom. The molecule has 1 aromatic rings. The molecule has 0 aliphatic carbocycles. The fourth-order valence-corrected chi connectivity index (χ4v) is 2.55. The Balaban J connectivity index is 0. The van der Waals surface area contributed by atoms with Gasteiger partial charge in [0.15, 0.2) is 5.75 Å². The molecule has 1 rings (SSSR count). The Bertz CT molecular complexity index is 425. The van der Waals surface area contributed by atoms with Gasteiger partial charge >= 0.3 is 59.1 Å². The van der Waals surface area contributed by atoms with Gasteiger partial charge in [0.2, 0.25) is 10.3 Å². The summed E-state index contributed by atoms with van der Waals surface area (Å²) in [5, 5.41) is 0.609. The summed E-state index contributed by atoms with van der Waals surface area (Å²) in [6, 6.07) is 7.11. The van der Waals surface area contributed by atoms with Crippen molar-refractivity contribution in [1.82, 2.24) is 0 Å². The molecule has 8 heteroatoms. The van der Waals surface area contributed by atoms with Gasteiger partial charge in [-0.2, -0.15) is 0 Å². The van der Waals surface area contributed by atoms with Crippen LogP contribution in [0.25, 0.3) is 0 Å². The molecule has 0 aliphatic heterocycles. The van der Waals surface area contributed by atoms with Crippen LogP contribution in [0.4, 0.5) is 0 Å². The van der Waals surface area contributed by atoms with Crippen molar-refractivity contribution in [1.29, 1.82) is 0 Å². The number of aryl methyl sites for hydroxylation is 1. The van der Waals surface area contributed by atoms with Crippen molar-refractivity contribution in [2.24, 2.45) is 0 Å². The van der Waals surface area contributed by atoms with Crippen LogP contribution < -0.4 is 59.1 Å². The first-order chi connectivity index (χ1) is 6.47. The van der Waals surface area contributed by atoms with Gasteiger partial charge in [-0.1, -0.05) is 23.7 Å². The van der Waals surface area contributed by atoms with Crippen molar-refractivity contribution in [2.75, 3.05) is 5.75 Å². The summed E-state index contributed by atoms with van der Waals surface area (Å²) >= 11 is 5.73. The van der Waals surface area contributed by atoms with Crippen molar-refractivity contribution in [3.63, 3.8) is 0 Å².